The number of rotatable bonds is 5. The number of fused-ring (bicyclic) bond motifs is 1. The Morgan fingerprint density at radius 1 is 1.17 bits per heavy atom. The van der Waals surface area contributed by atoms with Gasteiger partial charge in [-0.25, -0.2) is 4.79 Å². The Kier molecular flexibility index (Phi) is 4.97. The highest BCUT2D eigenvalue weighted by atomic mass is 32.2. The first kappa shape index (κ1) is 21.9. The molecule has 1 heterocycles. The molecule has 9 nitrogen and oxygen atoms in total. The van der Waals surface area contributed by atoms with Gasteiger partial charge in [0.2, 0.25) is 0 Å². The summed E-state index contributed by atoms with van der Waals surface area (Å²) in [6.07, 6.45) is -4.12. The van der Waals surface area contributed by atoms with Gasteiger partial charge in [0, 0.05) is 24.2 Å². The first-order valence-electron chi connectivity index (χ1n) is 9.00. The Balaban J connectivity index is 1.93. The number of esters is 2. The van der Waals surface area contributed by atoms with E-state index in [0.717, 1.165) is 6.92 Å². The maximum absolute atomic E-state index is 14.2. The molecular weight excluding hydrogens is 418 g/mol. The van der Waals surface area contributed by atoms with Gasteiger partial charge in [-0.3, -0.25) is 13.8 Å². The lowest BCUT2D eigenvalue weighted by Crippen LogP contribution is -2.53. The molecule has 3 aliphatic rings. The molecule has 3 fully saturated rings. The molecule has 7 atom stereocenters. The molecule has 164 valence electrons. The molecule has 2 bridgehead atoms. The number of aliphatic carboxylic acids is 1. The summed E-state index contributed by atoms with van der Waals surface area (Å²) in [5.41, 5.74) is -1.46. The standard InChI is InChI=1S/C17H22F2O9S/c1-6(20)26-10-7-5-8-11(10)28-29(24,25)12(8)9(7)13(21)27-14(16(2,3)4)17(18,19)15(22)23/h7-12,14H,5H2,1-4H3,(H,22,23). The normalized spacial score (nSPS) is 35.9. The van der Waals surface area contributed by atoms with E-state index < -0.39 is 80.7 Å². The van der Waals surface area contributed by atoms with Crippen LogP contribution in [-0.4, -0.2) is 60.9 Å². The van der Waals surface area contributed by atoms with Gasteiger partial charge < -0.3 is 14.6 Å². The third-order valence-corrected chi connectivity index (χ3v) is 7.54. The van der Waals surface area contributed by atoms with E-state index in [2.05, 4.69) is 0 Å². The fraction of sp³-hybridized carbons (Fsp3) is 0.824. The van der Waals surface area contributed by atoms with Crippen LogP contribution >= 0.6 is 0 Å². The van der Waals surface area contributed by atoms with Gasteiger partial charge in [-0.05, 0) is 6.42 Å². The number of carbonyl (C=O) groups excluding carboxylic acids is 2. The number of carboxylic acid groups (broad SMARTS) is 1. The van der Waals surface area contributed by atoms with Crippen molar-refractivity contribution in [3.8, 4) is 0 Å². The lowest BCUT2D eigenvalue weighted by Gasteiger charge is -2.36. The van der Waals surface area contributed by atoms with Gasteiger partial charge in [0.05, 0.1) is 5.92 Å². The van der Waals surface area contributed by atoms with Crippen molar-refractivity contribution < 1.29 is 50.3 Å². The molecule has 1 aliphatic heterocycles. The van der Waals surface area contributed by atoms with Gasteiger partial charge in [0.15, 0.2) is 6.10 Å². The molecule has 0 radical (unpaired) electrons. The lowest BCUT2D eigenvalue weighted by atomic mass is 9.83. The largest absolute Gasteiger partial charge is 0.477 e. The Bertz CT molecular complexity index is 847. The van der Waals surface area contributed by atoms with Gasteiger partial charge in [0.25, 0.3) is 10.1 Å². The SMILES string of the molecule is CC(=O)OC1C2CC3C1OS(=O)(=O)C3C2C(=O)OC(C(C)(C)C)C(F)(F)C(=O)O. The smallest absolute Gasteiger partial charge is 0.379 e. The second kappa shape index (κ2) is 6.59. The van der Waals surface area contributed by atoms with Crippen molar-refractivity contribution in [1.29, 1.82) is 0 Å². The average Bonchev–Trinajstić information content (AvgIpc) is 3.13. The number of hydrogen-bond donors (Lipinski definition) is 1. The minimum Gasteiger partial charge on any atom is -0.477 e. The molecule has 0 amide bonds. The molecule has 0 aromatic carbocycles. The summed E-state index contributed by atoms with van der Waals surface area (Å²) >= 11 is 0. The number of alkyl halides is 2. The van der Waals surface area contributed by atoms with Crippen molar-refractivity contribution in [2.24, 2.45) is 23.2 Å². The first-order valence-corrected chi connectivity index (χ1v) is 10.5. The van der Waals surface area contributed by atoms with Gasteiger partial charge in [0.1, 0.15) is 17.5 Å². The molecule has 1 saturated heterocycles. The van der Waals surface area contributed by atoms with Crippen molar-refractivity contribution in [3.05, 3.63) is 0 Å². The number of carboxylic acids is 1. The Morgan fingerprint density at radius 2 is 1.76 bits per heavy atom. The molecule has 0 aromatic rings. The summed E-state index contributed by atoms with van der Waals surface area (Å²) in [5, 5.41) is 7.56. The van der Waals surface area contributed by atoms with Crippen molar-refractivity contribution >= 4 is 28.0 Å². The summed E-state index contributed by atoms with van der Waals surface area (Å²) in [4.78, 5) is 35.3. The summed E-state index contributed by atoms with van der Waals surface area (Å²) in [6, 6.07) is 0. The lowest BCUT2D eigenvalue weighted by molar-refractivity contribution is -0.211. The molecule has 2 aliphatic carbocycles. The maximum atomic E-state index is 14.2. The predicted molar refractivity (Wildman–Crippen MR) is 90.1 cm³/mol. The molecule has 3 rings (SSSR count). The van der Waals surface area contributed by atoms with Crippen molar-refractivity contribution in [2.75, 3.05) is 0 Å². The molecular formula is C17H22F2O9S. The van der Waals surface area contributed by atoms with E-state index in [4.69, 9.17) is 18.8 Å². The third kappa shape index (κ3) is 3.39. The number of carbonyl (C=O) groups is 3. The van der Waals surface area contributed by atoms with Gasteiger partial charge in [-0.15, -0.1) is 0 Å². The molecule has 2 saturated carbocycles. The molecule has 0 aromatic heterocycles. The molecule has 12 heteroatoms. The highest BCUT2D eigenvalue weighted by Crippen LogP contribution is 2.59. The van der Waals surface area contributed by atoms with Crippen molar-refractivity contribution in [1.82, 2.24) is 0 Å². The van der Waals surface area contributed by atoms with E-state index in [1.807, 2.05) is 0 Å². The van der Waals surface area contributed by atoms with Crippen LogP contribution in [0.3, 0.4) is 0 Å². The van der Waals surface area contributed by atoms with Crippen molar-refractivity contribution in [3.63, 3.8) is 0 Å². The van der Waals surface area contributed by atoms with Crippen LogP contribution in [0, 0.1) is 23.2 Å². The number of ether oxygens (including phenoxy) is 2. The van der Waals surface area contributed by atoms with E-state index in [1.54, 1.807) is 0 Å². The van der Waals surface area contributed by atoms with Crippen LogP contribution in [0.5, 0.6) is 0 Å². The second-order valence-corrected chi connectivity index (χ2v) is 10.5. The molecule has 0 spiro atoms. The van der Waals surface area contributed by atoms with E-state index >= 15 is 0 Å². The van der Waals surface area contributed by atoms with Gasteiger partial charge in [-0.2, -0.15) is 17.2 Å². The van der Waals surface area contributed by atoms with E-state index in [-0.39, 0.29) is 6.42 Å². The topological polar surface area (TPSA) is 133 Å². The average molecular weight is 440 g/mol. The van der Waals surface area contributed by atoms with Crippen LogP contribution < -0.4 is 0 Å². The Hall–Kier alpha value is -1.82. The van der Waals surface area contributed by atoms with Crippen LogP contribution in [-0.2, 0) is 38.2 Å². The molecule has 29 heavy (non-hydrogen) atoms. The zero-order valence-electron chi connectivity index (χ0n) is 16.1. The minimum atomic E-state index is -4.39. The van der Waals surface area contributed by atoms with Crippen LogP contribution in [0.4, 0.5) is 8.78 Å². The van der Waals surface area contributed by atoms with Crippen molar-refractivity contribution in [2.45, 2.75) is 63.6 Å². The zero-order valence-corrected chi connectivity index (χ0v) is 16.9. The summed E-state index contributed by atoms with van der Waals surface area (Å²) in [7, 11) is -4.21. The van der Waals surface area contributed by atoms with Crippen LogP contribution in [0.1, 0.15) is 34.1 Å². The summed E-state index contributed by atoms with van der Waals surface area (Å²) in [5.74, 6) is -11.7. The predicted octanol–water partition coefficient (Wildman–Crippen LogP) is 0.959. The highest BCUT2D eigenvalue weighted by Gasteiger charge is 2.72. The fourth-order valence-corrected chi connectivity index (χ4v) is 6.80. The number of halogens is 2. The fourth-order valence-electron chi connectivity index (χ4n) is 4.75. The van der Waals surface area contributed by atoms with Crippen LogP contribution in [0.25, 0.3) is 0 Å². The monoisotopic (exact) mass is 440 g/mol. The van der Waals surface area contributed by atoms with E-state index in [0.29, 0.717) is 0 Å². The Labute approximate surface area is 165 Å². The van der Waals surface area contributed by atoms with E-state index in [9.17, 15) is 31.6 Å². The third-order valence-electron chi connectivity index (χ3n) is 5.74. The van der Waals surface area contributed by atoms with Crippen LogP contribution in [0.15, 0.2) is 0 Å². The minimum absolute atomic E-state index is 0.182. The van der Waals surface area contributed by atoms with Crippen LogP contribution in [0.2, 0.25) is 0 Å². The number of hydrogen-bond acceptors (Lipinski definition) is 8. The second-order valence-electron chi connectivity index (χ2n) is 8.79. The van der Waals surface area contributed by atoms with E-state index in [1.165, 1.54) is 20.8 Å². The molecule has 7 unspecified atom stereocenters. The molecule has 1 N–H and O–H groups in total. The Morgan fingerprint density at radius 3 is 2.24 bits per heavy atom. The maximum Gasteiger partial charge on any atom is 0.379 e. The summed E-state index contributed by atoms with van der Waals surface area (Å²) < 4.78 is 68.4. The zero-order chi connectivity index (χ0) is 22.1. The highest BCUT2D eigenvalue weighted by molar-refractivity contribution is 7.87. The quantitative estimate of drug-likeness (QED) is 0.490. The van der Waals surface area contributed by atoms with Gasteiger partial charge >= 0.3 is 23.8 Å². The van der Waals surface area contributed by atoms with Gasteiger partial charge in [-0.1, -0.05) is 20.8 Å². The summed E-state index contributed by atoms with van der Waals surface area (Å²) in [6.45, 7) is 4.93. The first-order chi connectivity index (χ1) is 13.1.